The molecule has 0 spiro atoms. The van der Waals surface area contributed by atoms with Crippen LogP contribution in [0.15, 0.2) is 11.6 Å². The molecule has 0 saturated heterocycles. The van der Waals surface area contributed by atoms with E-state index in [4.69, 9.17) is 0 Å². The quantitative estimate of drug-likeness (QED) is 0.325. The van der Waals surface area contributed by atoms with Crippen LogP contribution >= 0.6 is 15.9 Å². The van der Waals surface area contributed by atoms with Crippen LogP contribution in [-0.4, -0.2) is 16.0 Å². The molecule has 0 heterocycles. The Morgan fingerprint density at radius 3 is 2.52 bits per heavy atom. The molecule has 0 aromatic heterocycles. The Morgan fingerprint density at radius 2 is 1.79 bits per heavy atom. The molecule has 0 radical (unpaired) electrons. The fourth-order valence-corrected chi connectivity index (χ4v) is 9.66. The molecule has 166 valence electrons. The summed E-state index contributed by atoms with van der Waals surface area (Å²) < 4.78 is 0. The number of hydrogen-bond donors (Lipinski definition) is 1. The molecule has 0 aliphatic heterocycles. The van der Waals surface area contributed by atoms with E-state index in [1.54, 1.807) is 5.57 Å². The third-order valence-corrected chi connectivity index (χ3v) is 11.1. The Morgan fingerprint density at radius 1 is 1.03 bits per heavy atom. The van der Waals surface area contributed by atoms with E-state index in [-0.39, 0.29) is 6.10 Å². The summed E-state index contributed by atoms with van der Waals surface area (Å²) in [7, 11) is 0. The van der Waals surface area contributed by atoms with Gasteiger partial charge in [0.25, 0.3) is 0 Å². The number of hydrogen-bond acceptors (Lipinski definition) is 1. The lowest BCUT2D eigenvalue weighted by Gasteiger charge is -2.59. The van der Waals surface area contributed by atoms with Gasteiger partial charge in [0.15, 0.2) is 0 Å². The molecular formula is C27H45BrO. The van der Waals surface area contributed by atoms with Crippen molar-refractivity contribution in [2.75, 3.05) is 0 Å². The van der Waals surface area contributed by atoms with Gasteiger partial charge >= 0.3 is 0 Å². The van der Waals surface area contributed by atoms with E-state index < -0.39 is 0 Å². The first-order valence-electron chi connectivity index (χ1n) is 12.7. The van der Waals surface area contributed by atoms with Crippen LogP contribution in [0.5, 0.6) is 0 Å². The predicted octanol–water partition coefficient (Wildman–Crippen LogP) is 7.76. The molecule has 29 heavy (non-hydrogen) atoms. The summed E-state index contributed by atoms with van der Waals surface area (Å²) in [6.45, 7) is 12.5. The lowest BCUT2D eigenvalue weighted by Crippen LogP contribution is -2.53. The lowest BCUT2D eigenvalue weighted by molar-refractivity contribution is -0.0543. The van der Waals surface area contributed by atoms with Crippen molar-refractivity contribution in [3.63, 3.8) is 0 Å². The standard InChI is InChI=1S/C27H45BrO/c1-17(2)7-6-8-18(3)21-9-10-22-25-23(12-14-27(21,22)5)26(4)13-11-20(29)15-19(26)16-24(25)28/h16-18,20-25,29H,6-15H2,1-5H3/t18-,20+,21-,22+,23+,24?,25+,26+,27-/m1/s1. The van der Waals surface area contributed by atoms with Gasteiger partial charge in [-0.25, -0.2) is 0 Å². The summed E-state index contributed by atoms with van der Waals surface area (Å²) in [5.74, 6) is 5.13. The Hall–Kier alpha value is 0.180. The predicted molar refractivity (Wildman–Crippen MR) is 127 cm³/mol. The van der Waals surface area contributed by atoms with Gasteiger partial charge in [0.1, 0.15) is 0 Å². The van der Waals surface area contributed by atoms with Crippen molar-refractivity contribution < 1.29 is 5.11 Å². The Bertz CT molecular complexity index is 626. The molecule has 3 fully saturated rings. The first-order chi connectivity index (χ1) is 13.7. The first kappa shape index (κ1) is 22.4. The Labute approximate surface area is 188 Å². The molecular weight excluding hydrogens is 420 g/mol. The van der Waals surface area contributed by atoms with Crippen molar-refractivity contribution in [1.29, 1.82) is 0 Å². The van der Waals surface area contributed by atoms with Crippen LogP contribution in [0.2, 0.25) is 0 Å². The summed E-state index contributed by atoms with van der Waals surface area (Å²) in [6.07, 6.45) is 15.5. The summed E-state index contributed by atoms with van der Waals surface area (Å²) in [5, 5.41) is 10.3. The number of halogens is 1. The zero-order valence-corrected chi connectivity index (χ0v) is 21.2. The number of aliphatic hydroxyl groups excluding tert-OH is 1. The highest BCUT2D eigenvalue weighted by atomic mass is 79.9. The second kappa shape index (κ2) is 8.27. The second-order valence-corrected chi connectivity index (χ2v) is 13.3. The Kier molecular flexibility index (Phi) is 6.38. The molecule has 0 aromatic carbocycles. The minimum Gasteiger partial charge on any atom is -0.393 e. The molecule has 3 saturated carbocycles. The Balaban J connectivity index is 1.54. The molecule has 1 unspecified atom stereocenters. The largest absolute Gasteiger partial charge is 0.393 e. The second-order valence-electron chi connectivity index (χ2n) is 12.3. The fraction of sp³-hybridized carbons (Fsp3) is 0.926. The van der Waals surface area contributed by atoms with Crippen molar-refractivity contribution in [1.82, 2.24) is 0 Å². The highest BCUT2D eigenvalue weighted by Crippen LogP contribution is 2.68. The number of rotatable bonds is 5. The van der Waals surface area contributed by atoms with E-state index in [0.29, 0.717) is 15.7 Å². The molecule has 9 atom stereocenters. The van der Waals surface area contributed by atoms with Crippen LogP contribution in [0.4, 0.5) is 0 Å². The summed E-state index contributed by atoms with van der Waals surface area (Å²) in [5.41, 5.74) is 2.45. The van der Waals surface area contributed by atoms with Crippen LogP contribution in [0, 0.1) is 46.3 Å². The molecule has 1 N–H and O–H groups in total. The molecule has 0 aromatic rings. The van der Waals surface area contributed by atoms with Crippen LogP contribution < -0.4 is 0 Å². The van der Waals surface area contributed by atoms with Crippen molar-refractivity contribution in [3.8, 4) is 0 Å². The number of fused-ring (bicyclic) bond motifs is 5. The van der Waals surface area contributed by atoms with Gasteiger partial charge in [-0.05, 0) is 91.3 Å². The van der Waals surface area contributed by atoms with Gasteiger partial charge in [0, 0.05) is 4.83 Å². The van der Waals surface area contributed by atoms with Crippen LogP contribution in [0.1, 0.15) is 98.8 Å². The van der Waals surface area contributed by atoms with Gasteiger partial charge in [0.2, 0.25) is 0 Å². The van der Waals surface area contributed by atoms with Gasteiger partial charge in [-0.3, -0.25) is 0 Å². The average molecular weight is 466 g/mol. The van der Waals surface area contributed by atoms with E-state index in [2.05, 4.69) is 56.6 Å². The maximum absolute atomic E-state index is 10.3. The van der Waals surface area contributed by atoms with Crippen LogP contribution in [-0.2, 0) is 0 Å². The minimum atomic E-state index is -0.109. The van der Waals surface area contributed by atoms with Gasteiger partial charge in [-0.2, -0.15) is 0 Å². The van der Waals surface area contributed by atoms with E-state index in [1.165, 1.54) is 51.4 Å². The van der Waals surface area contributed by atoms with E-state index in [9.17, 15) is 5.11 Å². The number of aliphatic hydroxyl groups is 1. The molecule has 2 heteroatoms. The monoisotopic (exact) mass is 464 g/mol. The van der Waals surface area contributed by atoms with Gasteiger partial charge in [-0.1, -0.05) is 81.5 Å². The SMILES string of the molecule is CC(C)CCC[C@@H](C)[C@H]1CC[C@H]2[C@@H]3C(Br)C=C4C[C@@H](O)CC[C@]4(C)[C@H]3CC[C@]12C. The third-order valence-electron chi connectivity index (χ3n) is 10.3. The fourth-order valence-electron chi connectivity index (χ4n) is 8.61. The van der Waals surface area contributed by atoms with E-state index >= 15 is 0 Å². The van der Waals surface area contributed by atoms with Crippen molar-refractivity contribution in [3.05, 3.63) is 11.6 Å². The molecule has 4 aliphatic carbocycles. The topological polar surface area (TPSA) is 20.2 Å². The average Bonchev–Trinajstić information content (AvgIpc) is 3.00. The number of allylic oxidation sites excluding steroid dienone is 1. The molecule has 4 rings (SSSR count). The van der Waals surface area contributed by atoms with Crippen molar-refractivity contribution >= 4 is 15.9 Å². The van der Waals surface area contributed by atoms with E-state index in [0.717, 1.165) is 48.3 Å². The van der Waals surface area contributed by atoms with Gasteiger partial charge in [-0.15, -0.1) is 0 Å². The van der Waals surface area contributed by atoms with Crippen LogP contribution in [0.25, 0.3) is 0 Å². The first-order valence-corrected chi connectivity index (χ1v) is 13.6. The summed E-state index contributed by atoms with van der Waals surface area (Å²) in [6, 6.07) is 0. The molecule has 0 bridgehead atoms. The third kappa shape index (κ3) is 3.81. The van der Waals surface area contributed by atoms with Crippen molar-refractivity contribution in [2.45, 2.75) is 110 Å². The summed E-state index contributed by atoms with van der Waals surface area (Å²) >= 11 is 4.15. The molecule has 0 amide bonds. The lowest BCUT2D eigenvalue weighted by atomic mass is 9.47. The van der Waals surface area contributed by atoms with Gasteiger partial charge < -0.3 is 5.11 Å². The van der Waals surface area contributed by atoms with Gasteiger partial charge in [0.05, 0.1) is 6.10 Å². The summed E-state index contributed by atoms with van der Waals surface area (Å²) in [4.78, 5) is 0.514. The zero-order chi connectivity index (χ0) is 21.0. The van der Waals surface area contributed by atoms with Crippen LogP contribution in [0.3, 0.4) is 0 Å². The number of alkyl halides is 1. The zero-order valence-electron chi connectivity index (χ0n) is 19.6. The highest BCUT2D eigenvalue weighted by Gasteiger charge is 2.60. The minimum absolute atomic E-state index is 0.109. The molecule has 4 aliphatic rings. The maximum atomic E-state index is 10.3. The van der Waals surface area contributed by atoms with Crippen molar-refractivity contribution in [2.24, 2.45) is 46.3 Å². The maximum Gasteiger partial charge on any atom is 0.0577 e. The van der Waals surface area contributed by atoms with E-state index in [1.807, 2.05) is 0 Å². The normalized spacial score (nSPS) is 47.9. The molecule has 1 nitrogen and oxygen atoms in total. The highest BCUT2D eigenvalue weighted by molar-refractivity contribution is 9.09. The smallest absolute Gasteiger partial charge is 0.0577 e.